The number of fused-ring (bicyclic) bond motifs is 1. The maximum absolute atomic E-state index is 6.01. The minimum atomic E-state index is 0.575. The number of hydrogen-bond donors (Lipinski definition) is 0. The van der Waals surface area contributed by atoms with Gasteiger partial charge in [-0.05, 0) is 23.8 Å². The largest absolute Gasteiger partial charge is 0.260 e. The first-order valence-corrected chi connectivity index (χ1v) is 6.34. The molecule has 2 nitrogen and oxygen atoms in total. The van der Waals surface area contributed by atoms with E-state index in [0.29, 0.717) is 16.6 Å². The van der Waals surface area contributed by atoms with Gasteiger partial charge in [-0.2, -0.15) is 5.10 Å². The summed E-state index contributed by atoms with van der Waals surface area (Å²) in [5.74, 6) is 0. The molecule has 0 atom stereocenters. The van der Waals surface area contributed by atoms with Gasteiger partial charge in [-0.15, -0.1) is 0 Å². The smallest absolute Gasteiger partial charge is 0.0686 e. The Hall–Kier alpha value is -1.51. The first kappa shape index (κ1) is 11.6. The Morgan fingerprint density at radius 2 is 1.83 bits per heavy atom. The van der Waals surface area contributed by atoms with E-state index in [1.807, 2.05) is 47.3 Å². The van der Waals surface area contributed by atoms with Crippen LogP contribution in [0.15, 0.2) is 48.7 Å². The van der Waals surface area contributed by atoms with Gasteiger partial charge in [0.1, 0.15) is 0 Å². The fourth-order valence-corrected chi connectivity index (χ4v) is 2.28. The number of rotatable bonds is 2. The highest BCUT2D eigenvalue weighted by Crippen LogP contribution is 2.23. The van der Waals surface area contributed by atoms with Gasteiger partial charge in [-0.3, -0.25) is 4.68 Å². The van der Waals surface area contributed by atoms with Crippen LogP contribution in [0.5, 0.6) is 0 Å². The molecule has 90 valence electrons. The van der Waals surface area contributed by atoms with Crippen LogP contribution in [-0.2, 0) is 6.54 Å². The van der Waals surface area contributed by atoms with Gasteiger partial charge in [0.25, 0.3) is 0 Å². The maximum atomic E-state index is 6.01. The topological polar surface area (TPSA) is 17.8 Å². The number of nitrogens with zero attached hydrogens (tertiary/aromatic N) is 2. The third-order valence-electron chi connectivity index (χ3n) is 2.87. The molecule has 0 saturated heterocycles. The second-order valence-electron chi connectivity index (χ2n) is 4.11. The summed E-state index contributed by atoms with van der Waals surface area (Å²) in [6, 6.07) is 13.8. The molecule has 0 aliphatic heterocycles. The van der Waals surface area contributed by atoms with Gasteiger partial charge in [0.15, 0.2) is 0 Å². The summed E-state index contributed by atoms with van der Waals surface area (Å²) >= 11 is 11.9. The molecular formula is C14H10Cl2N2. The summed E-state index contributed by atoms with van der Waals surface area (Å²) in [7, 11) is 0. The number of hydrogen-bond acceptors (Lipinski definition) is 1. The molecule has 0 aliphatic rings. The Bertz CT molecular complexity index is 704. The van der Waals surface area contributed by atoms with Crippen LogP contribution in [0.4, 0.5) is 0 Å². The first-order valence-electron chi connectivity index (χ1n) is 5.58. The molecule has 0 fully saturated rings. The lowest BCUT2D eigenvalue weighted by molar-refractivity contribution is 0.712. The molecule has 3 rings (SSSR count). The SMILES string of the molecule is Clc1ccc(Cn2ncc3ccccc32)cc1Cl. The van der Waals surface area contributed by atoms with Crippen molar-refractivity contribution in [3.05, 3.63) is 64.3 Å². The van der Waals surface area contributed by atoms with Crippen LogP contribution in [0.25, 0.3) is 10.9 Å². The molecule has 3 aromatic rings. The molecule has 0 radical (unpaired) electrons. The lowest BCUT2D eigenvalue weighted by Crippen LogP contribution is -2.01. The molecule has 0 bridgehead atoms. The third kappa shape index (κ3) is 2.09. The van der Waals surface area contributed by atoms with E-state index in [0.717, 1.165) is 16.5 Å². The monoisotopic (exact) mass is 276 g/mol. The highest BCUT2D eigenvalue weighted by Gasteiger charge is 2.04. The van der Waals surface area contributed by atoms with Crippen molar-refractivity contribution in [2.24, 2.45) is 0 Å². The molecule has 18 heavy (non-hydrogen) atoms. The van der Waals surface area contributed by atoms with E-state index in [1.54, 1.807) is 0 Å². The van der Waals surface area contributed by atoms with Crippen LogP contribution < -0.4 is 0 Å². The van der Waals surface area contributed by atoms with E-state index < -0.39 is 0 Å². The summed E-state index contributed by atoms with van der Waals surface area (Å²) in [6.45, 7) is 0.685. The van der Waals surface area contributed by atoms with Crippen molar-refractivity contribution in [2.75, 3.05) is 0 Å². The van der Waals surface area contributed by atoms with Crippen molar-refractivity contribution in [3.8, 4) is 0 Å². The molecule has 0 saturated carbocycles. The Labute approximate surface area is 115 Å². The minimum absolute atomic E-state index is 0.575. The second-order valence-corrected chi connectivity index (χ2v) is 4.92. The van der Waals surface area contributed by atoms with Gasteiger partial charge in [0, 0.05) is 5.39 Å². The molecule has 0 aliphatic carbocycles. The number of para-hydroxylation sites is 1. The zero-order valence-electron chi connectivity index (χ0n) is 9.48. The molecular weight excluding hydrogens is 267 g/mol. The van der Waals surface area contributed by atoms with Crippen LogP contribution in [0.3, 0.4) is 0 Å². The van der Waals surface area contributed by atoms with Crippen LogP contribution in [-0.4, -0.2) is 9.78 Å². The highest BCUT2D eigenvalue weighted by molar-refractivity contribution is 6.42. The molecule has 1 aromatic heterocycles. The Balaban J connectivity index is 1.98. The predicted molar refractivity (Wildman–Crippen MR) is 75.3 cm³/mol. The lowest BCUT2D eigenvalue weighted by atomic mass is 10.2. The molecule has 2 aromatic carbocycles. The molecule has 4 heteroatoms. The fraction of sp³-hybridized carbons (Fsp3) is 0.0714. The summed E-state index contributed by atoms with van der Waals surface area (Å²) in [6.07, 6.45) is 1.87. The van der Waals surface area contributed by atoms with Gasteiger partial charge in [0.2, 0.25) is 0 Å². The standard InChI is InChI=1S/C14H10Cl2N2/c15-12-6-5-10(7-13(12)16)9-18-14-4-2-1-3-11(14)8-17-18/h1-8H,9H2. The van der Waals surface area contributed by atoms with Gasteiger partial charge < -0.3 is 0 Å². The van der Waals surface area contributed by atoms with E-state index in [-0.39, 0.29) is 0 Å². The predicted octanol–water partition coefficient (Wildman–Crippen LogP) is 4.39. The zero-order valence-corrected chi connectivity index (χ0v) is 11.0. The van der Waals surface area contributed by atoms with Gasteiger partial charge in [-0.1, -0.05) is 47.5 Å². The average Bonchev–Trinajstić information content (AvgIpc) is 2.78. The second kappa shape index (κ2) is 4.63. The summed E-state index contributed by atoms with van der Waals surface area (Å²) in [5, 5.41) is 6.67. The maximum Gasteiger partial charge on any atom is 0.0686 e. The Kier molecular flexibility index (Phi) is 2.98. The van der Waals surface area contributed by atoms with Crippen molar-refractivity contribution in [1.29, 1.82) is 0 Å². The Morgan fingerprint density at radius 3 is 2.67 bits per heavy atom. The molecule has 0 unspecified atom stereocenters. The van der Waals surface area contributed by atoms with Crippen LogP contribution in [0.1, 0.15) is 5.56 Å². The van der Waals surface area contributed by atoms with E-state index in [4.69, 9.17) is 23.2 Å². The highest BCUT2D eigenvalue weighted by atomic mass is 35.5. The van der Waals surface area contributed by atoms with E-state index in [9.17, 15) is 0 Å². The number of halogens is 2. The number of benzene rings is 2. The summed E-state index contributed by atoms with van der Waals surface area (Å²) in [5.41, 5.74) is 2.20. The van der Waals surface area contributed by atoms with Crippen molar-refractivity contribution >= 4 is 34.1 Å². The Morgan fingerprint density at radius 1 is 1.00 bits per heavy atom. The summed E-state index contributed by atoms with van der Waals surface area (Å²) in [4.78, 5) is 0. The third-order valence-corrected chi connectivity index (χ3v) is 3.61. The minimum Gasteiger partial charge on any atom is -0.260 e. The summed E-state index contributed by atoms with van der Waals surface area (Å²) < 4.78 is 1.95. The van der Waals surface area contributed by atoms with Crippen LogP contribution in [0, 0.1) is 0 Å². The van der Waals surface area contributed by atoms with Crippen molar-refractivity contribution < 1.29 is 0 Å². The van der Waals surface area contributed by atoms with Crippen molar-refractivity contribution in [1.82, 2.24) is 9.78 Å². The molecule has 0 spiro atoms. The van der Waals surface area contributed by atoms with Crippen LogP contribution >= 0.6 is 23.2 Å². The van der Waals surface area contributed by atoms with Gasteiger partial charge in [-0.25, -0.2) is 0 Å². The normalized spacial score (nSPS) is 11.0. The van der Waals surface area contributed by atoms with Gasteiger partial charge in [0.05, 0.1) is 28.3 Å². The fourth-order valence-electron chi connectivity index (χ4n) is 1.96. The first-order chi connectivity index (χ1) is 8.74. The van der Waals surface area contributed by atoms with Crippen LogP contribution in [0.2, 0.25) is 10.0 Å². The molecule has 0 N–H and O–H groups in total. The zero-order chi connectivity index (χ0) is 12.5. The van der Waals surface area contributed by atoms with Gasteiger partial charge >= 0.3 is 0 Å². The van der Waals surface area contributed by atoms with E-state index >= 15 is 0 Å². The van der Waals surface area contributed by atoms with E-state index in [1.165, 1.54) is 0 Å². The molecule has 0 amide bonds. The molecule has 1 heterocycles. The number of aromatic nitrogens is 2. The van der Waals surface area contributed by atoms with Crippen molar-refractivity contribution in [2.45, 2.75) is 6.54 Å². The van der Waals surface area contributed by atoms with E-state index in [2.05, 4.69) is 11.2 Å². The van der Waals surface area contributed by atoms with Crippen molar-refractivity contribution in [3.63, 3.8) is 0 Å². The quantitative estimate of drug-likeness (QED) is 0.679. The average molecular weight is 277 g/mol. The lowest BCUT2D eigenvalue weighted by Gasteiger charge is -2.05.